The van der Waals surface area contributed by atoms with Crippen LogP contribution in [0.15, 0.2) is 76.4 Å². The highest BCUT2D eigenvalue weighted by molar-refractivity contribution is 9.10. The van der Waals surface area contributed by atoms with Crippen molar-refractivity contribution in [3.63, 3.8) is 0 Å². The first kappa shape index (κ1) is 19.1. The molecular weight excluding hydrogens is 430 g/mol. The van der Waals surface area contributed by atoms with E-state index < -0.39 is 10.0 Å². The van der Waals surface area contributed by atoms with Crippen molar-refractivity contribution in [2.24, 2.45) is 0 Å². The van der Waals surface area contributed by atoms with E-state index in [1.165, 1.54) is 30.6 Å². The van der Waals surface area contributed by atoms with Crippen molar-refractivity contribution >= 4 is 43.2 Å². The average Bonchev–Trinajstić information content (AvgIpc) is 2.64. The van der Waals surface area contributed by atoms with Crippen LogP contribution in [-0.4, -0.2) is 19.3 Å². The molecule has 0 aliphatic heterocycles. The van der Waals surface area contributed by atoms with E-state index >= 15 is 0 Å². The Bertz CT molecular complexity index is 1080. The summed E-state index contributed by atoms with van der Waals surface area (Å²) in [5.41, 5.74) is 2.05. The van der Waals surface area contributed by atoms with E-state index in [0.717, 1.165) is 10.0 Å². The number of sulfonamides is 1. The number of amides is 1. The molecule has 0 spiro atoms. The topological polar surface area (TPSA) is 88.2 Å². The zero-order chi connectivity index (χ0) is 19.4. The number of carbonyl (C=O) groups excluding carboxylic acids is 1. The summed E-state index contributed by atoms with van der Waals surface area (Å²) in [7, 11) is -3.78. The lowest BCUT2D eigenvalue weighted by Crippen LogP contribution is -2.16. The molecule has 0 saturated carbocycles. The maximum absolute atomic E-state index is 12.5. The number of aromatic nitrogens is 1. The van der Waals surface area contributed by atoms with Crippen LogP contribution in [0, 0.1) is 6.92 Å². The fourth-order valence-corrected chi connectivity index (χ4v) is 3.65. The van der Waals surface area contributed by atoms with Crippen molar-refractivity contribution in [2.75, 3.05) is 10.0 Å². The van der Waals surface area contributed by atoms with Gasteiger partial charge in [0.15, 0.2) is 0 Å². The fraction of sp³-hybridized carbons (Fsp3) is 0.0526. The average molecular weight is 446 g/mol. The molecule has 0 radical (unpaired) electrons. The first-order valence-corrected chi connectivity index (χ1v) is 10.2. The van der Waals surface area contributed by atoms with Gasteiger partial charge in [0.1, 0.15) is 0 Å². The van der Waals surface area contributed by atoms with Crippen molar-refractivity contribution in [1.29, 1.82) is 0 Å². The van der Waals surface area contributed by atoms with Crippen LogP contribution in [0.5, 0.6) is 0 Å². The van der Waals surface area contributed by atoms with E-state index in [4.69, 9.17) is 0 Å². The predicted molar refractivity (Wildman–Crippen MR) is 108 cm³/mol. The number of para-hydroxylation sites is 1. The molecule has 0 aliphatic rings. The fourth-order valence-electron chi connectivity index (χ4n) is 2.36. The van der Waals surface area contributed by atoms with Gasteiger partial charge in [0.25, 0.3) is 15.9 Å². The second-order valence-electron chi connectivity index (χ2n) is 5.79. The normalized spacial score (nSPS) is 11.0. The molecule has 2 N–H and O–H groups in total. The van der Waals surface area contributed by atoms with E-state index in [0.29, 0.717) is 5.69 Å². The lowest BCUT2D eigenvalue weighted by molar-refractivity contribution is 0.102. The van der Waals surface area contributed by atoms with E-state index in [9.17, 15) is 13.2 Å². The number of aryl methyl sites for hydroxylation is 1. The molecule has 0 aliphatic carbocycles. The summed E-state index contributed by atoms with van der Waals surface area (Å²) in [6.45, 7) is 1.89. The Labute approximate surface area is 165 Å². The first-order valence-electron chi connectivity index (χ1n) is 7.95. The van der Waals surface area contributed by atoms with Crippen LogP contribution in [0.4, 0.5) is 11.4 Å². The maximum Gasteiger partial charge on any atom is 0.261 e. The number of hydrogen-bond acceptors (Lipinski definition) is 4. The third-order valence-electron chi connectivity index (χ3n) is 3.77. The maximum atomic E-state index is 12.5. The Morgan fingerprint density at radius 3 is 2.44 bits per heavy atom. The first-order chi connectivity index (χ1) is 12.8. The molecule has 0 unspecified atom stereocenters. The number of rotatable bonds is 5. The highest BCUT2D eigenvalue weighted by Crippen LogP contribution is 2.20. The zero-order valence-corrected chi connectivity index (χ0v) is 16.7. The third kappa shape index (κ3) is 4.72. The number of hydrogen-bond donors (Lipinski definition) is 2. The molecule has 1 aromatic heterocycles. The minimum Gasteiger partial charge on any atom is -0.322 e. The van der Waals surface area contributed by atoms with Crippen LogP contribution >= 0.6 is 15.9 Å². The monoisotopic (exact) mass is 445 g/mol. The second-order valence-corrected chi connectivity index (χ2v) is 8.39. The standard InChI is InChI=1S/C19H16BrN3O3S/c1-13-4-2-3-5-18(13)22-19(24)14-10-16(12-21-11-14)23-27(25,26)17-8-6-15(20)7-9-17/h2-12,23H,1H3,(H,22,24). The Morgan fingerprint density at radius 1 is 1.04 bits per heavy atom. The molecule has 0 saturated heterocycles. The minimum absolute atomic E-state index is 0.112. The number of pyridine rings is 1. The Morgan fingerprint density at radius 2 is 1.74 bits per heavy atom. The van der Waals surface area contributed by atoms with Crippen LogP contribution < -0.4 is 10.0 Å². The number of anilines is 2. The van der Waals surface area contributed by atoms with Crippen molar-refractivity contribution in [3.05, 3.63) is 82.6 Å². The lowest BCUT2D eigenvalue weighted by atomic mass is 10.2. The van der Waals surface area contributed by atoms with Gasteiger partial charge in [-0.3, -0.25) is 14.5 Å². The van der Waals surface area contributed by atoms with Crippen LogP contribution in [0.3, 0.4) is 0 Å². The van der Waals surface area contributed by atoms with Gasteiger partial charge in [-0.05, 0) is 48.9 Å². The highest BCUT2D eigenvalue weighted by atomic mass is 79.9. The molecule has 1 amide bonds. The van der Waals surface area contributed by atoms with Gasteiger partial charge in [0, 0.05) is 16.4 Å². The summed E-state index contributed by atoms with van der Waals surface area (Å²) < 4.78 is 28.2. The number of benzene rings is 2. The predicted octanol–water partition coefficient (Wildman–Crippen LogP) is 4.21. The smallest absolute Gasteiger partial charge is 0.261 e. The van der Waals surface area contributed by atoms with Crippen molar-refractivity contribution < 1.29 is 13.2 Å². The van der Waals surface area contributed by atoms with Crippen molar-refractivity contribution in [2.45, 2.75) is 11.8 Å². The van der Waals surface area contributed by atoms with Crippen LogP contribution in [-0.2, 0) is 10.0 Å². The molecule has 27 heavy (non-hydrogen) atoms. The Balaban J connectivity index is 1.80. The summed E-state index contributed by atoms with van der Waals surface area (Å²) in [5.74, 6) is -0.374. The molecule has 138 valence electrons. The molecular formula is C19H16BrN3O3S. The van der Waals surface area contributed by atoms with Gasteiger partial charge in [-0.15, -0.1) is 0 Å². The molecule has 3 rings (SSSR count). The second kappa shape index (κ2) is 7.89. The number of halogens is 1. The summed E-state index contributed by atoms with van der Waals surface area (Å²) in [6.07, 6.45) is 2.73. The molecule has 0 atom stereocenters. The molecule has 6 nitrogen and oxygen atoms in total. The van der Waals surface area contributed by atoms with Gasteiger partial charge in [-0.25, -0.2) is 8.42 Å². The van der Waals surface area contributed by atoms with E-state index in [2.05, 4.69) is 31.0 Å². The van der Waals surface area contributed by atoms with Gasteiger partial charge in [0.2, 0.25) is 0 Å². The summed E-state index contributed by atoms with van der Waals surface area (Å²) in [5, 5.41) is 2.79. The number of nitrogens with zero attached hydrogens (tertiary/aromatic N) is 1. The number of nitrogens with one attached hydrogen (secondary N) is 2. The minimum atomic E-state index is -3.78. The molecule has 1 heterocycles. The Kier molecular flexibility index (Phi) is 5.57. The summed E-state index contributed by atoms with van der Waals surface area (Å²) in [6, 6.07) is 15.1. The molecule has 8 heteroatoms. The summed E-state index contributed by atoms with van der Waals surface area (Å²) in [4.78, 5) is 16.5. The SMILES string of the molecule is Cc1ccccc1NC(=O)c1cncc(NS(=O)(=O)c2ccc(Br)cc2)c1. The molecule has 0 fully saturated rings. The van der Waals surface area contributed by atoms with E-state index in [1.807, 2.05) is 25.1 Å². The van der Waals surface area contributed by atoms with Gasteiger partial charge in [-0.1, -0.05) is 34.1 Å². The van der Waals surface area contributed by atoms with Crippen molar-refractivity contribution in [3.8, 4) is 0 Å². The van der Waals surface area contributed by atoms with Gasteiger partial charge < -0.3 is 5.32 Å². The van der Waals surface area contributed by atoms with Crippen LogP contribution in [0.25, 0.3) is 0 Å². The van der Waals surface area contributed by atoms with Crippen molar-refractivity contribution in [1.82, 2.24) is 4.98 Å². The van der Waals surface area contributed by atoms with E-state index in [-0.39, 0.29) is 22.1 Å². The Hall–Kier alpha value is -2.71. The zero-order valence-electron chi connectivity index (χ0n) is 14.3. The largest absolute Gasteiger partial charge is 0.322 e. The van der Waals surface area contributed by atoms with E-state index in [1.54, 1.807) is 18.2 Å². The highest BCUT2D eigenvalue weighted by Gasteiger charge is 2.16. The van der Waals surface area contributed by atoms with Crippen LogP contribution in [0.1, 0.15) is 15.9 Å². The molecule has 3 aromatic rings. The lowest BCUT2D eigenvalue weighted by Gasteiger charge is -2.10. The quantitative estimate of drug-likeness (QED) is 0.615. The van der Waals surface area contributed by atoms with Gasteiger partial charge in [0.05, 0.1) is 22.3 Å². The summed E-state index contributed by atoms with van der Waals surface area (Å²) >= 11 is 3.27. The number of carbonyl (C=O) groups is 1. The van der Waals surface area contributed by atoms with Crippen LogP contribution in [0.2, 0.25) is 0 Å². The molecule has 2 aromatic carbocycles. The van der Waals surface area contributed by atoms with Gasteiger partial charge in [-0.2, -0.15) is 0 Å². The third-order valence-corrected chi connectivity index (χ3v) is 5.70. The van der Waals surface area contributed by atoms with Gasteiger partial charge >= 0.3 is 0 Å². The molecule has 0 bridgehead atoms.